The van der Waals surface area contributed by atoms with Gasteiger partial charge in [-0.1, -0.05) is 60.2 Å². The number of benzene rings is 5. The van der Waals surface area contributed by atoms with Crippen LogP contribution in [0.2, 0.25) is 0 Å². The molecule has 0 saturated heterocycles. The summed E-state index contributed by atoms with van der Waals surface area (Å²) in [5.74, 6) is 0.895. The van der Waals surface area contributed by atoms with Crippen molar-refractivity contribution in [2.75, 3.05) is 0 Å². The lowest BCUT2D eigenvalue weighted by Crippen LogP contribution is -2.10. The molecule has 0 aliphatic rings. The van der Waals surface area contributed by atoms with Crippen molar-refractivity contribution in [1.82, 2.24) is 18.9 Å². The van der Waals surface area contributed by atoms with E-state index in [1.165, 1.54) is 0 Å². The Labute approximate surface area is 229 Å². The second-order valence-corrected chi connectivity index (χ2v) is 11.5. The third kappa shape index (κ3) is 3.29. The van der Waals surface area contributed by atoms with E-state index in [9.17, 15) is 8.42 Å². The Morgan fingerprint density at radius 2 is 1.50 bits per heavy atom. The Morgan fingerprint density at radius 1 is 0.750 bits per heavy atom. The number of aryl methyl sites for hydroxylation is 1. The van der Waals surface area contributed by atoms with Crippen LogP contribution in [0.15, 0.2) is 114 Å². The van der Waals surface area contributed by atoms with Crippen molar-refractivity contribution in [2.45, 2.75) is 11.8 Å². The van der Waals surface area contributed by atoms with Crippen molar-refractivity contribution in [3.8, 4) is 11.4 Å². The Bertz CT molecular complexity index is 2380. The predicted octanol–water partition coefficient (Wildman–Crippen LogP) is 7.14. The number of imidazole rings is 2. The molecule has 0 atom stereocenters. The standard InChI is InChI=1S/C32H22N4O3S/c1-20-13-16-22(17-14-20)40(37,38)39-30-12-6-11-29-31(30)36-28-10-5-4-9-26(28)34-32(36)35(29)21-15-18-24-23-7-2-3-8-25(23)33-27(24)19-21/h2-19,33H,1H3. The lowest BCUT2D eigenvalue weighted by molar-refractivity contribution is 0.488. The second-order valence-electron chi connectivity index (χ2n) is 9.95. The van der Waals surface area contributed by atoms with E-state index in [2.05, 4.69) is 35.3 Å². The molecule has 5 aromatic carbocycles. The van der Waals surface area contributed by atoms with Gasteiger partial charge in [0.1, 0.15) is 10.4 Å². The fourth-order valence-electron chi connectivity index (χ4n) is 5.58. The zero-order valence-corrected chi connectivity index (χ0v) is 22.2. The Morgan fingerprint density at radius 3 is 2.38 bits per heavy atom. The minimum absolute atomic E-state index is 0.102. The van der Waals surface area contributed by atoms with Crippen LogP contribution in [-0.4, -0.2) is 27.4 Å². The van der Waals surface area contributed by atoms with Crippen molar-refractivity contribution in [2.24, 2.45) is 0 Å². The number of aromatic nitrogens is 4. The second kappa shape index (κ2) is 8.21. The monoisotopic (exact) mass is 542 g/mol. The maximum atomic E-state index is 13.3. The number of para-hydroxylation sites is 4. The van der Waals surface area contributed by atoms with Crippen molar-refractivity contribution in [3.63, 3.8) is 0 Å². The lowest BCUT2D eigenvalue weighted by atomic mass is 10.1. The predicted molar refractivity (Wildman–Crippen MR) is 158 cm³/mol. The number of hydrogen-bond acceptors (Lipinski definition) is 4. The molecular weight excluding hydrogens is 520 g/mol. The first kappa shape index (κ1) is 22.9. The average Bonchev–Trinajstić information content (AvgIpc) is 3.61. The molecular formula is C32H22N4O3S. The smallest absolute Gasteiger partial charge is 0.339 e. The summed E-state index contributed by atoms with van der Waals surface area (Å²) in [4.78, 5) is 8.59. The molecule has 0 saturated carbocycles. The van der Waals surface area contributed by atoms with Crippen molar-refractivity contribution in [3.05, 3.63) is 115 Å². The van der Waals surface area contributed by atoms with Gasteiger partial charge in [0.15, 0.2) is 5.75 Å². The van der Waals surface area contributed by atoms with E-state index in [0.717, 1.165) is 49.6 Å². The number of rotatable bonds is 4. The summed E-state index contributed by atoms with van der Waals surface area (Å²) < 4.78 is 36.5. The van der Waals surface area contributed by atoms with E-state index in [0.29, 0.717) is 11.3 Å². The van der Waals surface area contributed by atoms with Crippen LogP contribution in [0.5, 0.6) is 5.75 Å². The lowest BCUT2D eigenvalue weighted by Gasteiger charge is -2.10. The van der Waals surface area contributed by atoms with Gasteiger partial charge in [0.25, 0.3) is 0 Å². The average molecular weight is 543 g/mol. The maximum absolute atomic E-state index is 13.3. The van der Waals surface area contributed by atoms with E-state index in [1.54, 1.807) is 30.3 Å². The molecule has 0 fully saturated rings. The third-order valence-corrected chi connectivity index (χ3v) is 8.69. The van der Waals surface area contributed by atoms with Gasteiger partial charge < -0.3 is 9.17 Å². The fourth-order valence-corrected chi connectivity index (χ4v) is 6.52. The van der Waals surface area contributed by atoms with Crippen LogP contribution in [0.25, 0.3) is 55.3 Å². The minimum atomic E-state index is -4.07. The molecule has 194 valence electrons. The molecule has 0 spiro atoms. The van der Waals surface area contributed by atoms with Gasteiger partial charge in [-0.2, -0.15) is 8.42 Å². The molecule has 7 nitrogen and oxygen atoms in total. The van der Waals surface area contributed by atoms with E-state index in [4.69, 9.17) is 9.17 Å². The van der Waals surface area contributed by atoms with Crippen molar-refractivity contribution in [1.29, 1.82) is 0 Å². The van der Waals surface area contributed by atoms with Crippen LogP contribution in [0.3, 0.4) is 0 Å². The number of hydrogen-bond donors (Lipinski definition) is 1. The SMILES string of the molecule is Cc1ccc(S(=O)(=O)Oc2cccc3c2n2c4ccccc4nc2n3-c2ccc3c(c2)[nH]c2ccccc23)cc1. The molecule has 0 unspecified atom stereocenters. The molecule has 8 rings (SSSR count). The number of nitrogens with zero attached hydrogens (tertiary/aromatic N) is 3. The highest BCUT2D eigenvalue weighted by Gasteiger charge is 2.24. The largest absolute Gasteiger partial charge is 0.377 e. The number of nitrogens with one attached hydrogen (secondary N) is 1. The van der Waals surface area contributed by atoms with Crippen LogP contribution in [0, 0.1) is 6.92 Å². The van der Waals surface area contributed by atoms with Gasteiger partial charge in [0, 0.05) is 21.8 Å². The van der Waals surface area contributed by atoms with Crippen LogP contribution in [0.1, 0.15) is 5.56 Å². The molecule has 0 aliphatic carbocycles. The number of aromatic amines is 1. The van der Waals surface area contributed by atoms with E-state index in [-0.39, 0.29) is 10.6 Å². The Kier molecular flexibility index (Phi) is 4.69. The van der Waals surface area contributed by atoms with Gasteiger partial charge in [-0.15, -0.1) is 0 Å². The minimum Gasteiger partial charge on any atom is -0.377 e. The van der Waals surface area contributed by atoms with Crippen LogP contribution >= 0.6 is 0 Å². The van der Waals surface area contributed by atoms with E-state index >= 15 is 0 Å². The Balaban J connectivity index is 1.41. The number of H-pyrrole nitrogens is 1. The summed E-state index contributed by atoms with van der Waals surface area (Å²) in [6, 6.07) is 34.4. The summed E-state index contributed by atoms with van der Waals surface area (Å²) in [6.45, 7) is 1.91. The van der Waals surface area contributed by atoms with Gasteiger partial charge in [-0.05, 0) is 61.5 Å². The molecule has 0 aliphatic heterocycles. The normalized spacial score (nSPS) is 12.3. The summed E-state index contributed by atoms with van der Waals surface area (Å²) in [6.07, 6.45) is 0. The summed E-state index contributed by atoms with van der Waals surface area (Å²) in [5, 5.41) is 2.30. The van der Waals surface area contributed by atoms with Gasteiger partial charge in [-0.3, -0.25) is 8.97 Å². The molecule has 8 heteroatoms. The number of fused-ring (bicyclic) bond motifs is 8. The van der Waals surface area contributed by atoms with Crippen LogP contribution in [0.4, 0.5) is 0 Å². The van der Waals surface area contributed by atoms with Gasteiger partial charge in [-0.25, -0.2) is 4.98 Å². The maximum Gasteiger partial charge on any atom is 0.339 e. The third-order valence-electron chi connectivity index (χ3n) is 7.44. The molecule has 1 N–H and O–H groups in total. The molecule has 0 amide bonds. The van der Waals surface area contributed by atoms with Crippen molar-refractivity contribution < 1.29 is 12.6 Å². The first-order valence-electron chi connectivity index (χ1n) is 12.9. The molecule has 40 heavy (non-hydrogen) atoms. The molecule has 0 bridgehead atoms. The van der Waals surface area contributed by atoms with Crippen LogP contribution < -0.4 is 4.18 Å². The fraction of sp³-hybridized carbons (Fsp3) is 0.0312. The Hall–Kier alpha value is -5.08. The van der Waals surface area contributed by atoms with Gasteiger partial charge in [0.05, 0.1) is 22.2 Å². The quantitative estimate of drug-likeness (QED) is 0.240. The highest BCUT2D eigenvalue weighted by atomic mass is 32.2. The molecule has 8 aromatic rings. The van der Waals surface area contributed by atoms with Gasteiger partial charge in [0.2, 0.25) is 5.78 Å². The van der Waals surface area contributed by atoms with Gasteiger partial charge >= 0.3 is 10.1 Å². The first-order chi connectivity index (χ1) is 19.5. The van der Waals surface area contributed by atoms with Crippen LogP contribution in [-0.2, 0) is 10.1 Å². The highest BCUT2D eigenvalue weighted by molar-refractivity contribution is 7.87. The molecule has 3 aromatic heterocycles. The zero-order valence-electron chi connectivity index (χ0n) is 21.4. The highest BCUT2D eigenvalue weighted by Crippen LogP contribution is 2.37. The van der Waals surface area contributed by atoms with E-state index < -0.39 is 10.1 Å². The first-order valence-corrected chi connectivity index (χ1v) is 14.3. The zero-order chi connectivity index (χ0) is 27.0. The molecule has 3 heterocycles. The summed E-state index contributed by atoms with van der Waals surface area (Å²) in [7, 11) is -4.07. The topological polar surface area (TPSA) is 81.4 Å². The summed E-state index contributed by atoms with van der Waals surface area (Å²) >= 11 is 0. The summed E-state index contributed by atoms with van der Waals surface area (Å²) in [5.41, 5.74) is 7.00. The van der Waals surface area contributed by atoms with Crippen molar-refractivity contribution >= 4 is 59.8 Å². The molecule has 0 radical (unpaired) electrons. The van der Waals surface area contributed by atoms with E-state index in [1.807, 2.05) is 64.4 Å².